The standard InChI is InChI=1S/C16H23NO2S/c1-2-12(11-20-13-7-4-3-5-8-13)17-16(19)14-9-6-10-15(14)18/h3-5,7-8,12,14-15,18H,2,6,9-11H2,1H3,(H,17,19). The van der Waals surface area contributed by atoms with Crippen LogP contribution in [0.25, 0.3) is 0 Å². The van der Waals surface area contributed by atoms with Gasteiger partial charge in [0.05, 0.1) is 12.0 Å². The fourth-order valence-corrected chi connectivity index (χ4v) is 3.59. The average molecular weight is 293 g/mol. The molecule has 3 atom stereocenters. The third-order valence-electron chi connectivity index (χ3n) is 3.85. The SMILES string of the molecule is CCC(CSc1ccccc1)NC(=O)C1CCCC1O. The van der Waals surface area contributed by atoms with Crippen LogP contribution in [0.3, 0.4) is 0 Å². The van der Waals surface area contributed by atoms with Gasteiger partial charge in [-0.15, -0.1) is 11.8 Å². The largest absolute Gasteiger partial charge is 0.392 e. The Labute approximate surface area is 125 Å². The number of benzene rings is 1. The van der Waals surface area contributed by atoms with Crippen molar-refractivity contribution < 1.29 is 9.90 Å². The molecule has 3 unspecified atom stereocenters. The highest BCUT2D eigenvalue weighted by Gasteiger charge is 2.32. The van der Waals surface area contributed by atoms with E-state index in [4.69, 9.17) is 0 Å². The van der Waals surface area contributed by atoms with E-state index in [1.165, 1.54) is 4.90 Å². The van der Waals surface area contributed by atoms with Gasteiger partial charge in [0.2, 0.25) is 5.91 Å². The van der Waals surface area contributed by atoms with Gasteiger partial charge in [0, 0.05) is 16.7 Å². The Morgan fingerprint density at radius 3 is 2.75 bits per heavy atom. The smallest absolute Gasteiger partial charge is 0.225 e. The second-order valence-electron chi connectivity index (χ2n) is 5.34. The maximum absolute atomic E-state index is 12.2. The molecule has 0 aromatic heterocycles. The molecule has 20 heavy (non-hydrogen) atoms. The van der Waals surface area contributed by atoms with Gasteiger partial charge in [-0.05, 0) is 37.8 Å². The molecule has 2 rings (SSSR count). The topological polar surface area (TPSA) is 49.3 Å². The first kappa shape index (κ1) is 15.4. The zero-order valence-corrected chi connectivity index (χ0v) is 12.7. The maximum Gasteiger partial charge on any atom is 0.225 e. The van der Waals surface area contributed by atoms with Gasteiger partial charge in [0.25, 0.3) is 0 Å². The summed E-state index contributed by atoms with van der Waals surface area (Å²) < 4.78 is 0. The van der Waals surface area contributed by atoms with Crippen LogP contribution >= 0.6 is 11.8 Å². The average Bonchev–Trinajstić information content (AvgIpc) is 2.90. The van der Waals surface area contributed by atoms with Crippen LogP contribution in [-0.2, 0) is 4.79 Å². The van der Waals surface area contributed by atoms with Crippen LogP contribution in [0.4, 0.5) is 0 Å². The van der Waals surface area contributed by atoms with Crippen LogP contribution in [0.15, 0.2) is 35.2 Å². The molecule has 110 valence electrons. The molecule has 3 nitrogen and oxygen atoms in total. The molecule has 1 amide bonds. The third-order valence-corrected chi connectivity index (χ3v) is 5.02. The van der Waals surface area contributed by atoms with Crippen LogP contribution in [-0.4, -0.2) is 28.9 Å². The fourth-order valence-electron chi connectivity index (χ4n) is 2.53. The molecule has 0 radical (unpaired) electrons. The van der Waals surface area contributed by atoms with Gasteiger partial charge in [-0.1, -0.05) is 25.1 Å². The summed E-state index contributed by atoms with van der Waals surface area (Å²) in [6.45, 7) is 2.08. The molecule has 4 heteroatoms. The quantitative estimate of drug-likeness (QED) is 0.793. The van der Waals surface area contributed by atoms with Crippen LogP contribution in [0.2, 0.25) is 0 Å². The number of rotatable bonds is 6. The Balaban J connectivity index is 1.81. The zero-order chi connectivity index (χ0) is 14.4. The Kier molecular flexibility index (Phi) is 5.92. The summed E-state index contributed by atoms with van der Waals surface area (Å²) in [5.41, 5.74) is 0. The first-order chi connectivity index (χ1) is 9.70. The summed E-state index contributed by atoms with van der Waals surface area (Å²) >= 11 is 1.76. The lowest BCUT2D eigenvalue weighted by Gasteiger charge is -2.21. The van der Waals surface area contributed by atoms with Gasteiger partial charge in [0.15, 0.2) is 0 Å². The van der Waals surface area contributed by atoms with E-state index in [9.17, 15) is 9.90 Å². The van der Waals surface area contributed by atoms with Crippen LogP contribution in [0.5, 0.6) is 0 Å². The van der Waals surface area contributed by atoms with Gasteiger partial charge in [0.1, 0.15) is 0 Å². The Morgan fingerprint density at radius 1 is 1.40 bits per heavy atom. The van der Waals surface area contributed by atoms with Crippen molar-refractivity contribution in [2.24, 2.45) is 5.92 Å². The Hall–Kier alpha value is -1.00. The third kappa shape index (κ3) is 4.25. The van der Waals surface area contributed by atoms with Gasteiger partial charge >= 0.3 is 0 Å². The highest BCUT2D eigenvalue weighted by molar-refractivity contribution is 7.99. The van der Waals surface area contributed by atoms with Crippen LogP contribution in [0.1, 0.15) is 32.6 Å². The molecule has 1 aromatic rings. The molecule has 1 aliphatic carbocycles. The van der Waals surface area contributed by atoms with E-state index in [1.807, 2.05) is 18.2 Å². The second-order valence-corrected chi connectivity index (χ2v) is 6.44. The van der Waals surface area contributed by atoms with Crippen molar-refractivity contribution in [3.63, 3.8) is 0 Å². The molecule has 1 fully saturated rings. The number of thioether (sulfide) groups is 1. The fraction of sp³-hybridized carbons (Fsp3) is 0.562. The molecular formula is C16H23NO2S. The zero-order valence-electron chi connectivity index (χ0n) is 11.9. The minimum atomic E-state index is -0.450. The van der Waals surface area contributed by atoms with Crippen molar-refractivity contribution in [3.8, 4) is 0 Å². The molecule has 1 aromatic carbocycles. The number of nitrogens with one attached hydrogen (secondary N) is 1. The number of carbonyl (C=O) groups excluding carboxylic acids is 1. The predicted octanol–water partition coefficient (Wildman–Crippen LogP) is 2.83. The Bertz CT molecular complexity index is 424. The summed E-state index contributed by atoms with van der Waals surface area (Å²) in [5.74, 6) is 0.691. The summed E-state index contributed by atoms with van der Waals surface area (Å²) in [7, 11) is 0. The van der Waals surface area contributed by atoms with E-state index < -0.39 is 6.10 Å². The maximum atomic E-state index is 12.2. The molecule has 1 aliphatic rings. The Morgan fingerprint density at radius 2 is 2.15 bits per heavy atom. The van der Waals surface area contributed by atoms with E-state index in [0.29, 0.717) is 0 Å². The molecule has 0 heterocycles. The lowest BCUT2D eigenvalue weighted by molar-refractivity contribution is -0.128. The van der Waals surface area contributed by atoms with Crippen molar-refractivity contribution in [1.82, 2.24) is 5.32 Å². The molecule has 1 saturated carbocycles. The van der Waals surface area contributed by atoms with Crippen LogP contribution in [0, 0.1) is 5.92 Å². The summed E-state index contributed by atoms with van der Waals surface area (Å²) in [6.07, 6.45) is 2.99. The monoisotopic (exact) mass is 293 g/mol. The van der Waals surface area contributed by atoms with Crippen molar-refractivity contribution in [3.05, 3.63) is 30.3 Å². The normalized spacial score (nSPS) is 23.5. The van der Waals surface area contributed by atoms with Crippen LogP contribution < -0.4 is 5.32 Å². The van der Waals surface area contributed by atoms with Crippen molar-refractivity contribution >= 4 is 17.7 Å². The highest BCUT2D eigenvalue weighted by Crippen LogP contribution is 2.26. The number of amides is 1. The number of hydrogen-bond donors (Lipinski definition) is 2. The number of hydrogen-bond acceptors (Lipinski definition) is 3. The van der Waals surface area contributed by atoms with Crippen molar-refractivity contribution in [2.45, 2.75) is 49.6 Å². The van der Waals surface area contributed by atoms with Gasteiger partial charge in [-0.2, -0.15) is 0 Å². The second kappa shape index (κ2) is 7.70. The van der Waals surface area contributed by atoms with Gasteiger partial charge < -0.3 is 10.4 Å². The summed E-state index contributed by atoms with van der Waals surface area (Å²) in [6, 6.07) is 10.4. The summed E-state index contributed by atoms with van der Waals surface area (Å²) in [5, 5.41) is 12.9. The molecule has 0 spiro atoms. The van der Waals surface area contributed by atoms with E-state index >= 15 is 0 Å². The molecule has 0 saturated heterocycles. The van der Waals surface area contributed by atoms with E-state index in [0.717, 1.165) is 31.4 Å². The van der Waals surface area contributed by atoms with E-state index in [-0.39, 0.29) is 17.9 Å². The minimum absolute atomic E-state index is 0.0236. The first-order valence-electron chi connectivity index (χ1n) is 7.37. The summed E-state index contributed by atoms with van der Waals surface area (Å²) in [4.78, 5) is 13.4. The molecule has 2 N–H and O–H groups in total. The van der Waals surface area contributed by atoms with Gasteiger partial charge in [-0.25, -0.2) is 0 Å². The first-order valence-corrected chi connectivity index (χ1v) is 8.35. The number of aliphatic hydroxyl groups is 1. The van der Waals surface area contributed by atoms with Crippen molar-refractivity contribution in [2.75, 3.05) is 5.75 Å². The highest BCUT2D eigenvalue weighted by atomic mass is 32.2. The lowest BCUT2D eigenvalue weighted by atomic mass is 10.0. The van der Waals surface area contributed by atoms with Gasteiger partial charge in [-0.3, -0.25) is 4.79 Å². The molecule has 0 bridgehead atoms. The number of carbonyl (C=O) groups is 1. The molecule has 0 aliphatic heterocycles. The molecular weight excluding hydrogens is 270 g/mol. The predicted molar refractivity (Wildman–Crippen MR) is 82.7 cm³/mol. The van der Waals surface area contributed by atoms with E-state index in [2.05, 4.69) is 24.4 Å². The van der Waals surface area contributed by atoms with E-state index in [1.54, 1.807) is 11.8 Å². The van der Waals surface area contributed by atoms with Crippen molar-refractivity contribution in [1.29, 1.82) is 0 Å². The lowest BCUT2D eigenvalue weighted by Crippen LogP contribution is -2.42. The number of aliphatic hydroxyl groups excluding tert-OH is 1. The minimum Gasteiger partial charge on any atom is -0.392 e.